The maximum atomic E-state index is 13.9. The summed E-state index contributed by atoms with van der Waals surface area (Å²) in [4.78, 5) is 24.9. The number of carbonyl (C=O) groups excluding carboxylic acids is 1. The Kier molecular flexibility index (Phi) is 3.75. The molecule has 1 saturated heterocycles. The molecule has 2 heterocycles. The number of hydrogen-bond donors (Lipinski definition) is 3. The number of nitrogens with zero attached hydrogens (tertiary/aromatic N) is 1. The third-order valence-corrected chi connectivity index (χ3v) is 4.17. The Morgan fingerprint density at radius 1 is 1.21 bits per heavy atom. The molecule has 1 fully saturated rings. The van der Waals surface area contributed by atoms with Crippen molar-refractivity contribution in [1.29, 1.82) is 0 Å². The molecule has 1 aromatic carbocycles. The highest BCUT2D eigenvalue weighted by molar-refractivity contribution is 5.87. The standard InChI is InChI=1S/C15H15F3N4O2/c1-9-11(12(23)22(21-9)10-5-3-2-4-6-10)14(15(16,17)18)13(24)19-7-8-20-14/h2-6,20-21H,7-8H2,1H3,(H,19,24)/p+1/t14-/m1/s1. The number of aromatic amines is 1. The summed E-state index contributed by atoms with van der Waals surface area (Å²) in [6.07, 6.45) is -4.92. The molecule has 0 unspecified atom stereocenters. The second-order valence-electron chi connectivity index (χ2n) is 5.64. The van der Waals surface area contributed by atoms with Crippen molar-refractivity contribution in [2.75, 3.05) is 13.1 Å². The lowest BCUT2D eigenvalue weighted by atomic mass is 9.86. The zero-order valence-electron chi connectivity index (χ0n) is 12.8. The Labute approximate surface area is 134 Å². The Morgan fingerprint density at radius 2 is 1.88 bits per heavy atom. The van der Waals surface area contributed by atoms with E-state index in [1.165, 1.54) is 6.92 Å². The van der Waals surface area contributed by atoms with Gasteiger partial charge in [-0.25, -0.2) is 4.68 Å². The summed E-state index contributed by atoms with van der Waals surface area (Å²) in [6.45, 7) is 1.51. The molecule has 1 aliphatic heterocycles. The summed E-state index contributed by atoms with van der Waals surface area (Å²) in [5.41, 5.74) is -4.01. The van der Waals surface area contributed by atoms with Crippen LogP contribution in [-0.4, -0.2) is 35.0 Å². The number of rotatable bonds is 2. The van der Waals surface area contributed by atoms with E-state index in [1.54, 1.807) is 30.3 Å². The summed E-state index contributed by atoms with van der Waals surface area (Å²) in [5, 5.41) is 5.76. The third kappa shape index (κ3) is 2.23. The highest BCUT2D eigenvalue weighted by atomic mass is 19.4. The molecule has 9 heteroatoms. The molecule has 2 aromatic rings. The van der Waals surface area contributed by atoms with Gasteiger partial charge in [-0.3, -0.25) is 14.7 Å². The van der Waals surface area contributed by atoms with Crippen LogP contribution in [-0.2, 0) is 10.3 Å². The highest BCUT2D eigenvalue weighted by Gasteiger charge is 2.69. The van der Waals surface area contributed by atoms with Crippen LogP contribution < -0.4 is 16.2 Å². The van der Waals surface area contributed by atoms with Crippen molar-refractivity contribution >= 4 is 5.91 Å². The largest absolute Gasteiger partial charge is 0.459 e. The van der Waals surface area contributed by atoms with Crippen LogP contribution in [0.1, 0.15) is 11.3 Å². The van der Waals surface area contributed by atoms with Gasteiger partial charge in [-0.2, -0.15) is 13.2 Å². The number of hydrogen-bond acceptors (Lipinski definition) is 2. The second kappa shape index (κ2) is 5.52. The van der Waals surface area contributed by atoms with E-state index in [4.69, 9.17) is 0 Å². The monoisotopic (exact) mass is 341 g/mol. The van der Waals surface area contributed by atoms with Gasteiger partial charge >= 0.3 is 11.7 Å². The van der Waals surface area contributed by atoms with E-state index < -0.39 is 28.7 Å². The number of quaternary nitrogens is 1. The van der Waals surface area contributed by atoms with E-state index in [-0.39, 0.29) is 18.8 Å². The SMILES string of the molecule is Cc1[nH]n(-c2ccccc2)c(=O)c1[C@@]1(C(F)(F)F)[NH2+]CCNC1=O. The molecule has 1 amide bonds. The predicted octanol–water partition coefficient (Wildman–Crippen LogP) is -0.0752. The maximum absolute atomic E-state index is 13.9. The first-order valence-electron chi connectivity index (χ1n) is 7.36. The van der Waals surface area contributed by atoms with Crippen LogP contribution in [0.25, 0.3) is 5.69 Å². The number of aromatic nitrogens is 2. The number of amides is 1. The van der Waals surface area contributed by atoms with Crippen molar-refractivity contribution in [2.24, 2.45) is 0 Å². The normalized spacial score (nSPS) is 21.6. The fourth-order valence-corrected chi connectivity index (χ4v) is 3.08. The van der Waals surface area contributed by atoms with Gasteiger partial charge in [0.25, 0.3) is 11.5 Å². The Bertz CT molecular complexity index is 825. The molecule has 0 aliphatic carbocycles. The zero-order chi connectivity index (χ0) is 17.5. The smallest absolute Gasteiger partial charge is 0.344 e. The number of H-pyrrole nitrogens is 1. The molecule has 24 heavy (non-hydrogen) atoms. The summed E-state index contributed by atoms with van der Waals surface area (Å²) in [6, 6.07) is 8.23. The van der Waals surface area contributed by atoms with Crippen LogP contribution in [0, 0.1) is 6.92 Å². The summed E-state index contributed by atoms with van der Waals surface area (Å²) >= 11 is 0. The van der Waals surface area contributed by atoms with Crippen molar-refractivity contribution in [1.82, 2.24) is 15.1 Å². The predicted molar refractivity (Wildman–Crippen MR) is 78.7 cm³/mol. The summed E-state index contributed by atoms with van der Waals surface area (Å²) in [7, 11) is 0. The van der Waals surface area contributed by atoms with Gasteiger partial charge in [-0.15, -0.1) is 0 Å². The molecule has 3 rings (SSSR count). The number of benzene rings is 1. The van der Waals surface area contributed by atoms with Gasteiger partial charge in [0.15, 0.2) is 0 Å². The number of alkyl halides is 3. The van der Waals surface area contributed by atoms with E-state index in [2.05, 4.69) is 10.4 Å². The van der Waals surface area contributed by atoms with Crippen LogP contribution in [0.2, 0.25) is 0 Å². The molecule has 1 aliphatic rings. The minimum Gasteiger partial charge on any atom is -0.344 e. The summed E-state index contributed by atoms with van der Waals surface area (Å²) < 4.78 is 42.6. The van der Waals surface area contributed by atoms with Crippen LogP contribution in [0.5, 0.6) is 0 Å². The number of carbonyl (C=O) groups is 1. The molecule has 128 valence electrons. The van der Waals surface area contributed by atoms with Gasteiger partial charge in [-0.1, -0.05) is 18.2 Å². The fourth-order valence-electron chi connectivity index (χ4n) is 3.08. The highest BCUT2D eigenvalue weighted by Crippen LogP contribution is 2.36. The van der Waals surface area contributed by atoms with Crippen molar-refractivity contribution in [2.45, 2.75) is 18.6 Å². The van der Waals surface area contributed by atoms with Crippen molar-refractivity contribution in [3.63, 3.8) is 0 Å². The molecule has 1 atom stereocenters. The number of para-hydroxylation sites is 1. The Morgan fingerprint density at radius 3 is 2.46 bits per heavy atom. The van der Waals surface area contributed by atoms with E-state index in [1.807, 2.05) is 0 Å². The first kappa shape index (κ1) is 16.3. The number of nitrogens with one attached hydrogen (secondary N) is 2. The summed E-state index contributed by atoms with van der Waals surface area (Å²) in [5.74, 6) is -1.22. The van der Waals surface area contributed by atoms with Gasteiger partial charge in [0, 0.05) is 5.69 Å². The number of halogens is 3. The first-order chi connectivity index (χ1) is 11.3. The van der Waals surface area contributed by atoms with Gasteiger partial charge < -0.3 is 10.6 Å². The topological polar surface area (TPSA) is 83.5 Å². The van der Waals surface area contributed by atoms with Crippen LogP contribution in [0.15, 0.2) is 35.1 Å². The van der Waals surface area contributed by atoms with E-state index in [0.29, 0.717) is 5.69 Å². The average Bonchev–Trinajstić information content (AvgIpc) is 2.83. The number of piperazine rings is 1. The minimum atomic E-state index is -4.92. The van der Waals surface area contributed by atoms with Gasteiger partial charge in [0.2, 0.25) is 0 Å². The Hall–Kier alpha value is -2.55. The van der Waals surface area contributed by atoms with Gasteiger partial charge in [0.05, 0.1) is 18.8 Å². The lowest BCUT2D eigenvalue weighted by molar-refractivity contribution is -0.750. The molecule has 0 radical (unpaired) electrons. The fraction of sp³-hybridized carbons (Fsp3) is 0.333. The second-order valence-corrected chi connectivity index (χ2v) is 5.64. The molecule has 6 nitrogen and oxygen atoms in total. The van der Waals surface area contributed by atoms with E-state index in [0.717, 1.165) is 10.00 Å². The lowest BCUT2D eigenvalue weighted by Gasteiger charge is -2.34. The van der Waals surface area contributed by atoms with Crippen molar-refractivity contribution < 1.29 is 23.3 Å². The molecular weight excluding hydrogens is 325 g/mol. The van der Waals surface area contributed by atoms with E-state index in [9.17, 15) is 22.8 Å². The number of nitrogens with two attached hydrogens (primary N) is 1. The minimum absolute atomic E-state index is 0.00878. The average molecular weight is 341 g/mol. The van der Waals surface area contributed by atoms with Crippen molar-refractivity contribution in [3.05, 3.63) is 51.9 Å². The maximum Gasteiger partial charge on any atom is 0.459 e. The van der Waals surface area contributed by atoms with Gasteiger partial charge in [-0.05, 0) is 19.1 Å². The van der Waals surface area contributed by atoms with Crippen LogP contribution >= 0.6 is 0 Å². The third-order valence-electron chi connectivity index (χ3n) is 4.17. The molecule has 1 aromatic heterocycles. The quantitative estimate of drug-likeness (QED) is 0.714. The molecular formula is C15H16F3N4O2+. The van der Waals surface area contributed by atoms with Gasteiger partial charge in [0.1, 0.15) is 5.56 Å². The zero-order valence-corrected chi connectivity index (χ0v) is 12.8. The molecule has 0 saturated carbocycles. The lowest BCUT2D eigenvalue weighted by Crippen LogP contribution is -3.04. The number of aryl methyl sites for hydroxylation is 1. The first-order valence-corrected chi connectivity index (χ1v) is 7.36. The van der Waals surface area contributed by atoms with Crippen LogP contribution in [0.4, 0.5) is 13.2 Å². The molecule has 0 bridgehead atoms. The van der Waals surface area contributed by atoms with E-state index >= 15 is 0 Å². The molecule has 4 N–H and O–H groups in total. The van der Waals surface area contributed by atoms with Crippen molar-refractivity contribution in [3.8, 4) is 5.69 Å². The Balaban J connectivity index is 2.26. The van der Waals surface area contributed by atoms with Crippen LogP contribution in [0.3, 0.4) is 0 Å². The molecule has 0 spiro atoms.